The average molecular weight is 713 g/mol. The van der Waals surface area contributed by atoms with Gasteiger partial charge in [0.25, 0.3) is 5.56 Å². The summed E-state index contributed by atoms with van der Waals surface area (Å²) >= 11 is 0. The van der Waals surface area contributed by atoms with Gasteiger partial charge in [-0.05, 0) is 55.7 Å². The van der Waals surface area contributed by atoms with Crippen LogP contribution in [0.5, 0.6) is 0 Å². The molecule has 4 aromatic rings. The van der Waals surface area contributed by atoms with E-state index in [2.05, 4.69) is 27.6 Å². The number of hydrogen-bond donors (Lipinski definition) is 4. The third kappa shape index (κ3) is 10.3. The second-order valence-corrected chi connectivity index (χ2v) is 14.1. The number of nitrogens with one attached hydrogen (secondary N) is 2. The van der Waals surface area contributed by atoms with Crippen LogP contribution in [0.15, 0.2) is 65.7 Å². The second-order valence-electron chi connectivity index (χ2n) is 14.1. The predicted octanol–water partition coefficient (Wildman–Crippen LogP) is 3.38. The number of rotatable bonds is 18. The van der Waals surface area contributed by atoms with Crippen LogP contribution in [0, 0.1) is 0 Å². The minimum atomic E-state index is -1.13. The van der Waals surface area contributed by atoms with Gasteiger partial charge in [0.15, 0.2) is 5.52 Å². The maximum atomic E-state index is 13.6. The Morgan fingerprint density at radius 3 is 2.37 bits per heavy atom. The van der Waals surface area contributed by atoms with E-state index in [1.807, 2.05) is 59.5 Å². The van der Waals surface area contributed by atoms with Crippen LogP contribution < -0.4 is 21.9 Å². The van der Waals surface area contributed by atoms with Crippen LogP contribution in [0.2, 0.25) is 0 Å². The van der Waals surface area contributed by atoms with Crippen molar-refractivity contribution in [3.05, 3.63) is 82.4 Å². The van der Waals surface area contributed by atoms with E-state index in [0.29, 0.717) is 63.8 Å². The number of unbranched alkanes of at least 4 members (excludes halogenated alkanes) is 2. The summed E-state index contributed by atoms with van der Waals surface area (Å²) in [5.74, 6) is -0.0951. The Morgan fingerprint density at radius 2 is 1.65 bits per heavy atom. The number of likely N-dealkylation sites (tertiary alicyclic amines) is 1. The highest BCUT2D eigenvalue weighted by molar-refractivity contribution is 5.89. The first-order valence-corrected chi connectivity index (χ1v) is 18.4. The molecule has 0 aliphatic carbocycles. The summed E-state index contributed by atoms with van der Waals surface area (Å²) in [5, 5.41) is 22.3. The molecule has 0 saturated carbocycles. The summed E-state index contributed by atoms with van der Waals surface area (Å²) < 4.78 is 3.10. The highest BCUT2D eigenvalue weighted by Crippen LogP contribution is 2.28. The van der Waals surface area contributed by atoms with Gasteiger partial charge >= 0.3 is 0 Å². The number of carbonyl (C=O) groups excluding carboxylic acids is 3. The van der Waals surface area contributed by atoms with Crippen LogP contribution in [-0.4, -0.2) is 78.8 Å². The Bertz CT molecular complexity index is 1860. The van der Waals surface area contributed by atoms with Crippen LogP contribution in [0.25, 0.3) is 22.3 Å². The molecule has 1 unspecified atom stereocenters. The summed E-state index contributed by atoms with van der Waals surface area (Å²) in [7, 11) is 1.79. The Balaban J connectivity index is 1.09. The lowest BCUT2D eigenvalue weighted by molar-refractivity contribution is -0.136. The number of aryl methyl sites for hydroxylation is 1. The number of primary amides is 1. The number of carbonyl (C=O) groups is 3. The molecule has 278 valence electrons. The van der Waals surface area contributed by atoms with Crippen molar-refractivity contribution in [2.24, 2.45) is 12.8 Å². The highest BCUT2D eigenvalue weighted by Gasteiger charge is 2.35. The van der Waals surface area contributed by atoms with E-state index in [9.17, 15) is 24.3 Å². The van der Waals surface area contributed by atoms with Gasteiger partial charge in [0.05, 0.1) is 24.2 Å². The number of nitrogens with zero attached hydrogens (tertiary/aromatic N) is 5. The van der Waals surface area contributed by atoms with Gasteiger partial charge in [-0.3, -0.25) is 28.4 Å². The zero-order chi connectivity index (χ0) is 37.1. The van der Waals surface area contributed by atoms with Gasteiger partial charge in [-0.2, -0.15) is 5.10 Å². The summed E-state index contributed by atoms with van der Waals surface area (Å²) in [6.45, 7) is 5.02. The van der Waals surface area contributed by atoms with E-state index >= 15 is 0 Å². The molecule has 2 aromatic heterocycles. The molecular weight excluding hydrogens is 660 g/mol. The van der Waals surface area contributed by atoms with Gasteiger partial charge in [-0.1, -0.05) is 67.9 Å². The lowest BCUT2D eigenvalue weighted by Crippen LogP contribution is -2.49. The number of benzene rings is 2. The maximum absolute atomic E-state index is 13.6. The van der Waals surface area contributed by atoms with Gasteiger partial charge in [-0.15, -0.1) is 0 Å². The number of hydrogen-bond acceptors (Lipinski definition) is 8. The SMILES string of the molecule is CC(CC(=O)N1CCC(O)(Cn2cnc3c(-c4ccc(CNCCCNC(=O)CCCCCC(N)=O)cc4)n(C)nc3c2=O)CC1)c1ccccc1. The topological polar surface area (TPSA) is 177 Å². The molecule has 1 fully saturated rings. The molecule has 0 radical (unpaired) electrons. The van der Waals surface area contributed by atoms with E-state index < -0.39 is 5.60 Å². The number of aliphatic hydroxyl groups is 1. The summed E-state index contributed by atoms with van der Waals surface area (Å²) in [6.07, 6.45) is 6.56. The molecule has 5 rings (SSSR count). The molecule has 2 aromatic carbocycles. The molecule has 3 amide bonds. The smallest absolute Gasteiger partial charge is 0.281 e. The lowest BCUT2D eigenvalue weighted by Gasteiger charge is -2.38. The van der Waals surface area contributed by atoms with E-state index in [1.54, 1.807) is 11.7 Å². The van der Waals surface area contributed by atoms with E-state index in [1.165, 1.54) is 10.9 Å². The van der Waals surface area contributed by atoms with Crippen molar-refractivity contribution in [2.45, 2.75) is 89.3 Å². The van der Waals surface area contributed by atoms with Crippen molar-refractivity contribution in [3.63, 3.8) is 0 Å². The molecule has 1 aliphatic heterocycles. The van der Waals surface area contributed by atoms with Crippen LogP contribution in [0.1, 0.15) is 81.8 Å². The standard InChI is InChI=1S/C39H52N8O5/c1-28(30-10-5-3-6-11-30)24-34(50)46-22-18-39(52,19-23-46)26-47-27-43-35-36(38(47)51)44-45(2)37(35)31-16-14-29(15-17-31)25-41-20-9-21-42-33(49)13-8-4-7-12-32(40)48/h3,5-6,10-11,14-17,27-28,41,52H,4,7-9,12-13,18-26H2,1-2H3,(H2,40,48)(H,42,49). The number of amides is 3. The minimum Gasteiger partial charge on any atom is -0.388 e. The number of piperidine rings is 1. The molecule has 0 spiro atoms. The van der Waals surface area contributed by atoms with Gasteiger partial charge in [-0.25, -0.2) is 4.98 Å². The molecule has 5 N–H and O–H groups in total. The molecule has 1 aliphatic rings. The third-order valence-corrected chi connectivity index (χ3v) is 9.91. The first kappa shape index (κ1) is 38.4. The number of aromatic nitrogens is 4. The van der Waals surface area contributed by atoms with Gasteiger partial charge in [0.1, 0.15) is 5.52 Å². The van der Waals surface area contributed by atoms with Crippen molar-refractivity contribution in [2.75, 3.05) is 26.2 Å². The van der Waals surface area contributed by atoms with Crippen LogP contribution >= 0.6 is 0 Å². The Morgan fingerprint density at radius 1 is 0.942 bits per heavy atom. The molecule has 3 heterocycles. The fraction of sp³-hybridized carbons (Fsp3) is 0.487. The second kappa shape index (κ2) is 18.1. The summed E-state index contributed by atoms with van der Waals surface area (Å²) in [5.41, 5.74) is 8.27. The normalized spacial score (nSPS) is 14.7. The van der Waals surface area contributed by atoms with Gasteiger partial charge in [0, 0.05) is 58.1 Å². The fourth-order valence-corrected chi connectivity index (χ4v) is 6.77. The Labute approximate surface area is 304 Å². The fourth-order valence-electron chi connectivity index (χ4n) is 6.77. The van der Waals surface area contributed by atoms with Crippen molar-refractivity contribution in [1.29, 1.82) is 0 Å². The lowest BCUT2D eigenvalue weighted by atomic mass is 9.90. The zero-order valence-corrected chi connectivity index (χ0v) is 30.4. The Kier molecular flexibility index (Phi) is 13.3. The first-order valence-electron chi connectivity index (χ1n) is 18.4. The maximum Gasteiger partial charge on any atom is 0.281 e. The van der Waals surface area contributed by atoms with Crippen LogP contribution in [-0.2, 0) is 34.5 Å². The van der Waals surface area contributed by atoms with E-state index in [0.717, 1.165) is 54.6 Å². The molecule has 52 heavy (non-hydrogen) atoms. The minimum absolute atomic E-state index is 0.0260. The number of nitrogens with two attached hydrogens (primary N) is 1. The average Bonchev–Trinajstić information content (AvgIpc) is 3.47. The van der Waals surface area contributed by atoms with Crippen molar-refractivity contribution in [1.82, 2.24) is 34.9 Å². The molecule has 13 nitrogen and oxygen atoms in total. The monoisotopic (exact) mass is 712 g/mol. The Hall–Kier alpha value is -4.88. The van der Waals surface area contributed by atoms with Crippen molar-refractivity contribution >= 4 is 28.8 Å². The highest BCUT2D eigenvalue weighted by atomic mass is 16.3. The quantitative estimate of drug-likeness (QED) is 0.114. The third-order valence-electron chi connectivity index (χ3n) is 9.91. The molecule has 0 bridgehead atoms. The predicted molar refractivity (Wildman–Crippen MR) is 200 cm³/mol. The van der Waals surface area contributed by atoms with E-state index in [4.69, 9.17) is 5.73 Å². The molecule has 1 atom stereocenters. The van der Waals surface area contributed by atoms with Gasteiger partial charge < -0.3 is 26.4 Å². The first-order chi connectivity index (χ1) is 25.0. The van der Waals surface area contributed by atoms with Gasteiger partial charge in [0.2, 0.25) is 17.7 Å². The van der Waals surface area contributed by atoms with E-state index in [-0.39, 0.29) is 41.3 Å². The molecular formula is C39H52N8O5. The largest absolute Gasteiger partial charge is 0.388 e. The summed E-state index contributed by atoms with van der Waals surface area (Å²) in [6, 6.07) is 18.0. The zero-order valence-electron chi connectivity index (χ0n) is 30.4. The van der Waals surface area contributed by atoms with Crippen LogP contribution in [0.3, 0.4) is 0 Å². The van der Waals surface area contributed by atoms with Crippen molar-refractivity contribution < 1.29 is 19.5 Å². The van der Waals surface area contributed by atoms with Crippen molar-refractivity contribution in [3.8, 4) is 11.3 Å². The molecule has 1 saturated heterocycles. The molecule has 13 heteroatoms. The van der Waals surface area contributed by atoms with Crippen LogP contribution in [0.4, 0.5) is 0 Å². The number of fused-ring (bicyclic) bond motifs is 1. The summed E-state index contributed by atoms with van der Waals surface area (Å²) in [4.78, 5) is 55.8.